The Balaban J connectivity index is 3.54. The minimum Gasteiger partial charge on any atom is -0.469 e. The molecule has 0 saturated carbocycles. The highest BCUT2D eigenvalue weighted by atomic mass is 35.5. The zero-order valence-electron chi connectivity index (χ0n) is 10.8. The summed E-state index contributed by atoms with van der Waals surface area (Å²) in [6, 6.07) is 0. The molecule has 0 spiro atoms. The Hall–Kier alpha value is -1.71. The molecule has 0 aromatic carbocycles. The molecule has 0 N–H and O–H groups in total. The average molecular weight is 352 g/mol. The fourth-order valence-corrected chi connectivity index (χ4v) is 1.84. The highest BCUT2D eigenvalue weighted by Crippen LogP contribution is 2.41. The smallest absolute Gasteiger partial charge is 0.469 e. The SMILES string of the molecule is COC(=O)Cc1c(CCl)ncc(OC(F)(F)F)c1C(F)(F)F. The molecule has 0 aliphatic heterocycles. The number of ether oxygens (including phenoxy) is 2. The van der Waals surface area contributed by atoms with Crippen LogP contribution in [0.5, 0.6) is 5.75 Å². The summed E-state index contributed by atoms with van der Waals surface area (Å²) < 4.78 is 83.5. The highest BCUT2D eigenvalue weighted by Gasteiger charge is 2.42. The molecule has 0 radical (unpaired) electrons. The summed E-state index contributed by atoms with van der Waals surface area (Å²) in [5.74, 6) is -3.20. The van der Waals surface area contributed by atoms with Gasteiger partial charge in [-0.2, -0.15) is 13.2 Å². The summed E-state index contributed by atoms with van der Waals surface area (Å²) >= 11 is 5.42. The van der Waals surface area contributed by atoms with Crippen LogP contribution in [0.1, 0.15) is 16.8 Å². The van der Waals surface area contributed by atoms with Gasteiger partial charge in [-0.05, 0) is 0 Å². The molecule has 0 unspecified atom stereocenters. The molecule has 0 bridgehead atoms. The number of methoxy groups -OCH3 is 1. The van der Waals surface area contributed by atoms with Crippen LogP contribution in [-0.4, -0.2) is 24.4 Å². The van der Waals surface area contributed by atoms with Crippen LogP contribution >= 0.6 is 11.6 Å². The van der Waals surface area contributed by atoms with Gasteiger partial charge < -0.3 is 9.47 Å². The average Bonchev–Trinajstić information content (AvgIpc) is 2.35. The van der Waals surface area contributed by atoms with Gasteiger partial charge in [0.05, 0.1) is 31.3 Å². The largest absolute Gasteiger partial charge is 0.573 e. The van der Waals surface area contributed by atoms with E-state index >= 15 is 0 Å². The van der Waals surface area contributed by atoms with E-state index in [1.807, 2.05) is 0 Å². The number of halogens is 7. The van der Waals surface area contributed by atoms with Crippen LogP contribution in [0, 0.1) is 0 Å². The van der Waals surface area contributed by atoms with Crippen molar-refractivity contribution in [2.45, 2.75) is 24.8 Å². The van der Waals surface area contributed by atoms with Gasteiger partial charge in [-0.3, -0.25) is 9.78 Å². The molecule has 0 aliphatic rings. The Morgan fingerprint density at radius 1 is 1.27 bits per heavy atom. The lowest BCUT2D eigenvalue weighted by Crippen LogP contribution is -2.23. The van der Waals surface area contributed by atoms with Crippen molar-refractivity contribution in [3.8, 4) is 5.75 Å². The van der Waals surface area contributed by atoms with E-state index in [2.05, 4.69) is 14.5 Å². The van der Waals surface area contributed by atoms with Crippen LogP contribution in [0.4, 0.5) is 26.3 Å². The first-order valence-electron chi connectivity index (χ1n) is 5.46. The van der Waals surface area contributed by atoms with E-state index in [1.54, 1.807) is 0 Å². The zero-order valence-corrected chi connectivity index (χ0v) is 11.6. The summed E-state index contributed by atoms with van der Waals surface area (Å²) in [6.07, 6.45) is -11.3. The summed E-state index contributed by atoms with van der Waals surface area (Å²) in [4.78, 5) is 14.6. The van der Waals surface area contributed by atoms with Gasteiger partial charge in [0, 0.05) is 5.56 Å². The van der Waals surface area contributed by atoms with Gasteiger partial charge in [0.1, 0.15) is 5.56 Å². The second-order valence-corrected chi connectivity index (χ2v) is 4.12. The van der Waals surface area contributed by atoms with Crippen molar-refractivity contribution in [2.75, 3.05) is 7.11 Å². The Kier molecular flexibility index (Phi) is 5.49. The molecular weight excluding hydrogens is 344 g/mol. The van der Waals surface area contributed by atoms with Crippen molar-refractivity contribution in [3.63, 3.8) is 0 Å². The molecule has 0 atom stereocenters. The third kappa shape index (κ3) is 4.65. The first-order valence-corrected chi connectivity index (χ1v) is 5.99. The number of alkyl halides is 7. The minimum absolute atomic E-state index is 0.259. The molecule has 1 rings (SSSR count). The molecule has 1 aromatic rings. The van der Waals surface area contributed by atoms with E-state index in [4.69, 9.17) is 11.6 Å². The summed E-state index contributed by atoms with van der Waals surface area (Å²) in [5.41, 5.74) is -2.98. The van der Waals surface area contributed by atoms with Crippen LogP contribution in [0.3, 0.4) is 0 Å². The number of carbonyl (C=O) groups excluding carboxylic acids is 1. The molecule has 4 nitrogen and oxygen atoms in total. The van der Waals surface area contributed by atoms with Crippen molar-refractivity contribution in [2.24, 2.45) is 0 Å². The fourth-order valence-electron chi connectivity index (χ4n) is 1.61. The fraction of sp³-hybridized carbons (Fsp3) is 0.455. The molecule has 11 heteroatoms. The topological polar surface area (TPSA) is 48.4 Å². The molecule has 0 saturated heterocycles. The lowest BCUT2D eigenvalue weighted by Gasteiger charge is -2.19. The maximum absolute atomic E-state index is 13.1. The lowest BCUT2D eigenvalue weighted by atomic mass is 10.0. The second kappa shape index (κ2) is 6.59. The maximum Gasteiger partial charge on any atom is 0.573 e. The molecule has 124 valence electrons. The van der Waals surface area contributed by atoms with Gasteiger partial charge in [0.15, 0.2) is 5.75 Å². The molecule has 22 heavy (non-hydrogen) atoms. The number of hydrogen-bond acceptors (Lipinski definition) is 4. The summed E-state index contributed by atoms with van der Waals surface area (Å²) in [6.45, 7) is 0. The van der Waals surface area contributed by atoms with Crippen LogP contribution in [-0.2, 0) is 28.0 Å². The first-order chi connectivity index (χ1) is 9.99. The third-order valence-corrected chi connectivity index (χ3v) is 2.67. The molecule has 1 heterocycles. The molecule has 1 aromatic heterocycles. The Morgan fingerprint density at radius 3 is 2.27 bits per heavy atom. The standard InChI is InChI=1S/C11H8ClF6NO3/c1-21-8(20)2-5-6(3-12)19-4-7(22-11(16,17)18)9(5)10(13,14)15/h4H,2-3H2,1H3. The van der Waals surface area contributed by atoms with Crippen LogP contribution < -0.4 is 4.74 Å². The molecule has 0 amide bonds. The highest BCUT2D eigenvalue weighted by molar-refractivity contribution is 6.17. The first kappa shape index (κ1) is 18.3. The van der Waals surface area contributed by atoms with E-state index in [0.29, 0.717) is 0 Å². The predicted octanol–water partition coefficient (Wildman–Crippen LogP) is 3.45. The van der Waals surface area contributed by atoms with E-state index in [0.717, 1.165) is 7.11 Å². The van der Waals surface area contributed by atoms with E-state index in [9.17, 15) is 31.1 Å². The number of esters is 1. The van der Waals surface area contributed by atoms with Gasteiger partial charge in [0.2, 0.25) is 0 Å². The Bertz CT molecular complexity index is 558. The number of aromatic nitrogens is 1. The van der Waals surface area contributed by atoms with E-state index in [1.165, 1.54) is 0 Å². The normalized spacial score (nSPS) is 12.2. The summed E-state index contributed by atoms with van der Waals surface area (Å²) in [7, 11) is 0.916. The van der Waals surface area contributed by atoms with Gasteiger partial charge >= 0.3 is 18.5 Å². The maximum atomic E-state index is 13.1. The van der Waals surface area contributed by atoms with Crippen LogP contribution in [0.15, 0.2) is 6.20 Å². The van der Waals surface area contributed by atoms with Gasteiger partial charge in [-0.25, -0.2) is 0 Å². The van der Waals surface area contributed by atoms with Crippen molar-refractivity contribution in [1.82, 2.24) is 4.98 Å². The molecule has 0 fully saturated rings. The van der Waals surface area contributed by atoms with Crippen molar-refractivity contribution in [3.05, 3.63) is 23.0 Å². The van der Waals surface area contributed by atoms with Gasteiger partial charge in [0.25, 0.3) is 0 Å². The zero-order chi connectivity index (χ0) is 17.1. The second-order valence-electron chi connectivity index (χ2n) is 3.85. The number of nitrogens with zero attached hydrogens (tertiary/aromatic N) is 1. The van der Waals surface area contributed by atoms with Crippen molar-refractivity contribution in [1.29, 1.82) is 0 Å². The quantitative estimate of drug-likeness (QED) is 0.473. The van der Waals surface area contributed by atoms with E-state index < -0.39 is 53.4 Å². The van der Waals surface area contributed by atoms with Gasteiger partial charge in [-0.1, -0.05) is 0 Å². The molecule has 0 aliphatic carbocycles. The van der Waals surface area contributed by atoms with Crippen LogP contribution in [0.2, 0.25) is 0 Å². The minimum atomic E-state index is -5.35. The Labute approximate surface area is 125 Å². The lowest BCUT2D eigenvalue weighted by molar-refractivity contribution is -0.276. The number of carbonyl (C=O) groups is 1. The number of rotatable bonds is 4. The number of hydrogen-bond donors (Lipinski definition) is 0. The summed E-state index contributed by atoms with van der Waals surface area (Å²) in [5, 5.41) is 0. The van der Waals surface area contributed by atoms with Crippen LogP contribution in [0.25, 0.3) is 0 Å². The third-order valence-electron chi connectivity index (χ3n) is 2.42. The number of pyridine rings is 1. The van der Waals surface area contributed by atoms with E-state index in [-0.39, 0.29) is 6.20 Å². The van der Waals surface area contributed by atoms with Crippen molar-refractivity contribution < 1.29 is 40.6 Å². The molecular formula is C11H8ClF6NO3. The predicted molar refractivity (Wildman–Crippen MR) is 61.2 cm³/mol. The van der Waals surface area contributed by atoms with Crippen molar-refractivity contribution >= 4 is 17.6 Å². The Morgan fingerprint density at radius 2 is 1.86 bits per heavy atom. The monoisotopic (exact) mass is 351 g/mol. The van der Waals surface area contributed by atoms with Gasteiger partial charge in [-0.15, -0.1) is 24.8 Å².